The van der Waals surface area contributed by atoms with Crippen LogP contribution in [0.5, 0.6) is 0 Å². The standard InChI is InChI=1S/C18H13NO3S/c20-17-15-10-6-12-19(15)14-9-4-5-11-16(14)23(21,22)18(17)13-7-2-1-3-8-13/h1-12,18H. The molecule has 0 amide bonds. The predicted octanol–water partition coefficient (Wildman–Crippen LogP) is 3.19. The minimum Gasteiger partial charge on any atom is -0.313 e. The molecule has 23 heavy (non-hydrogen) atoms. The Morgan fingerprint density at radius 2 is 1.52 bits per heavy atom. The highest BCUT2D eigenvalue weighted by Gasteiger charge is 2.41. The number of sulfone groups is 1. The molecule has 0 saturated carbocycles. The van der Waals surface area contributed by atoms with E-state index >= 15 is 0 Å². The topological polar surface area (TPSA) is 56.1 Å². The molecule has 0 bridgehead atoms. The summed E-state index contributed by atoms with van der Waals surface area (Å²) in [6.45, 7) is 0. The summed E-state index contributed by atoms with van der Waals surface area (Å²) < 4.78 is 28.0. The van der Waals surface area contributed by atoms with Crippen molar-refractivity contribution in [2.24, 2.45) is 0 Å². The van der Waals surface area contributed by atoms with Crippen LogP contribution in [0.15, 0.2) is 77.8 Å². The zero-order chi connectivity index (χ0) is 16.0. The maximum Gasteiger partial charge on any atom is 0.202 e. The number of para-hydroxylation sites is 1. The van der Waals surface area contributed by atoms with Crippen molar-refractivity contribution in [1.82, 2.24) is 4.57 Å². The first-order valence-electron chi connectivity index (χ1n) is 7.20. The van der Waals surface area contributed by atoms with Gasteiger partial charge in [-0.1, -0.05) is 42.5 Å². The van der Waals surface area contributed by atoms with Gasteiger partial charge in [-0.3, -0.25) is 4.79 Å². The normalized spacial score (nSPS) is 18.8. The number of benzene rings is 2. The molecule has 0 radical (unpaired) electrons. The monoisotopic (exact) mass is 323 g/mol. The average molecular weight is 323 g/mol. The lowest BCUT2D eigenvalue weighted by molar-refractivity contribution is 0.0981. The van der Waals surface area contributed by atoms with Crippen molar-refractivity contribution in [3.8, 4) is 5.69 Å². The SMILES string of the molecule is O=C1c2cccn2-c2ccccc2S(=O)(=O)C1c1ccccc1. The molecule has 0 saturated heterocycles. The van der Waals surface area contributed by atoms with Gasteiger partial charge in [0.15, 0.2) is 15.1 Å². The van der Waals surface area contributed by atoms with Crippen LogP contribution < -0.4 is 0 Å². The van der Waals surface area contributed by atoms with Crippen LogP contribution in [-0.4, -0.2) is 18.8 Å². The molecule has 0 fully saturated rings. The van der Waals surface area contributed by atoms with E-state index in [4.69, 9.17) is 0 Å². The lowest BCUT2D eigenvalue weighted by Crippen LogP contribution is -2.21. The third-order valence-electron chi connectivity index (χ3n) is 4.08. The summed E-state index contributed by atoms with van der Waals surface area (Å²) in [6, 6.07) is 18.8. The van der Waals surface area contributed by atoms with Crippen LogP contribution >= 0.6 is 0 Å². The van der Waals surface area contributed by atoms with E-state index in [1.54, 1.807) is 77.5 Å². The molecule has 1 aliphatic rings. The minimum absolute atomic E-state index is 0.178. The summed E-state index contributed by atoms with van der Waals surface area (Å²) in [5.74, 6) is -0.405. The summed E-state index contributed by atoms with van der Waals surface area (Å²) >= 11 is 0. The van der Waals surface area contributed by atoms with Crippen molar-refractivity contribution >= 4 is 15.6 Å². The number of Topliss-reactive ketones (excluding diaryl/α,β-unsaturated/α-hetero) is 1. The van der Waals surface area contributed by atoms with Gasteiger partial charge < -0.3 is 4.57 Å². The Bertz CT molecular complexity index is 1000. The number of carbonyl (C=O) groups excluding carboxylic acids is 1. The van der Waals surface area contributed by atoms with Crippen LogP contribution in [0, 0.1) is 0 Å². The van der Waals surface area contributed by atoms with Crippen LogP contribution in [0.1, 0.15) is 21.3 Å². The van der Waals surface area contributed by atoms with Crippen LogP contribution in [0.2, 0.25) is 0 Å². The number of aromatic nitrogens is 1. The smallest absolute Gasteiger partial charge is 0.202 e. The van der Waals surface area contributed by atoms with E-state index in [1.807, 2.05) is 0 Å². The van der Waals surface area contributed by atoms with E-state index in [9.17, 15) is 13.2 Å². The van der Waals surface area contributed by atoms with E-state index in [0.717, 1.165) is 0 Å². The highest BCUT2D eigenvalue weighted by molar-refractivity contribution is 7.92. The van der Waals surface area contributed by atoms with Crippen LogP contribution in [0.4, 0.5) is 0 Å². The van der Waals surface area contributed by atoms with Gasteiger partial charge in [-0.05, 0) is 29.8 Å². The van der Waals surface area contributed by atoms with Gasteiger partial charge in [0.25, 0.3) is 0 Å². The molecule has 1 atom stereocenters. The average Bonchev–Trinajstić information content (AvgIpc) is 3.03. The van der Waals surface area contributed by atoms with Crippen LogP contribution in [-0.2, 0) is 9.84 Å². The molecule has 2 aromatic carbocycles. The highest BCUT2D eigenvalue weighted by atomic mass is 32.2. The number of nitrogens with zero attached hydrogens (tertiary/aromatic N) is 1. The van der Waals surface area contributed by atoms with Gasteiger partial charge in [0.1, 0.15) is 0 Å². The zero-order valence-corrected chi connectivity index (χ0v) is 12.9. The highest BCUT2D eigenvalue weighted by Crippen LogP contribution is 2.38. The molecule has 0 aliphatic carbocycles. The number of ketones is 1. The number of hydrogen-bond donors (Lipinski definition) is 0. The van der Waals surface area contributed by atoms with Gasteiger partial charge in [0.2, 0.25) is 5.78 Å². The van der Waals surface area contributed by atoms with Crippen LogP contribution in [0.25, 0.3) is 5.69 Å². The lowest BCUT2D eigenvalue weighted by atomic mass is 10.1. The van der Waals surface area contributed by atoms with E-state index in [1.165, 1.54) is 0 Å². The first kappa shape index (κ1) is 14.0. The number of hydrogen-bond acceptors (Lipinski definition) is 3. The first-order valence-corrected chi connectivity index (χ1v) is 8.75. The molecule has 4 rings (SSSR count). The second kappa shape index (κ2) is 4.93. The quantitative estimate of drug-likeness (QED) is 0.691. The van der Waals surface area contributed by atoms with Gasteiger partial charge >= 0.3 is 0 Å². The Morgan fingerprint density at radius 1 is 0.826 bits per heavy atom. The summed E-state index contributed by atoms with van der Waals surface area (Å²) in [5.41, 5.74) is 1.38. The largest absolute Gasteiger partial charge is 0.313 e. The third-order valence-corrected chi connectivity index (χ3v) is 6.15. The van der Waals surface area contributed by atoms with Gasteiger partial charge in [0.05, 0.1) is 16.3 Å². The zero-order valence-electron chi connectivity index (χ0n) is 12.1. The lowest BCUT2D eigenvalue weighted by Gasteiger charge is -2.14. The molecule has 2 heterocycles. The van der Waals surface area contributed by atoms with Crippen molar-refractivity contribution in [2.45, 2.75) is 10.1 Å². The van der Waals surface area contributed by atoms with Gasteiger partial charge in [0, 0.05) is 6.20 Å². The number of rotatable bonds is 1. The summed E-state index contributed by atoms with van der Waals surface area (Å²) in [4.78, 5) is 13.2. The van der Waals surface area contributed by atoms with E-state index in [2.05, 4.69) is 0 Å². The molecule has 5 heteroatoms. The maximum absolute atomic E-state index is 13.2. The molecule has 0 spiro atoms. The molecular weight excluding hydrogens is 310 g/mol. The molecule has 1 aromatic heterocycles. The Kier molecular flexibility index (Phi) is 2.99. The van der Waals surface area contributed by atoms with Crippen molar-refractivity contribution in [3.63, 3.8) is 0 Å². The molecular formula is C18H13NO3S. The molecule has 114 valence electrons. The van der Waals surface area contributed by atoms with Crippen molar-refractivity contribution in [3.05, 3.63) is 84.2 Å². The Balaban J connectivity index is 2.09. The minimum atomic E-state index is -3.83. The first-order chi connectivity index (χ1) is 11.1. The molecule has 3 aromatic rings. The molecule has 0 N–H and O–H groups in total. The summed E-state index contributed by atoms with van der Waals surface area (Å²) in [5, 5.41) is -1.22. The molecule has 1 aliphatic heterocycles. The van der Waals surface area contributed by atoms with E-state index in [0.29, 0.717) is 16.9 Å². The fraction of sp³-hybridized carbons (Fsp3) is 0.0556. The van der Waals surface area contributed by atoms with Crippen LogP contribution in [0.3, 0.4) is 0 Å². The van der Waals surface area contributed by atoms with Crippen molar-refractivity contribution < 1.29 is 13.2 Å². The van der Waals surface area contributed by atoms with Gasteiger partial charge in [-0.15, -0.1) is 0 Å². The van der Waals surface area contributed by atoms with Gasteiger partial charge in [-0.25, -0.2) is 8.42 Å². The Morgan fingerprint density at radius 3 is 2.30 bits per heavy atom. The van der Waals surface area contributed by atoms with Gasteiger partial charge in [-0.2, -0.15) is 0 Å². The Labute approximate surface area is 133 Å². The predicted molar refractivity (Wildman–Crippen MR) is 86.5 cm³/mol. The fourth-order valence-electron chi connectivity index (χ4n) is 3.05. The third kappa shape index (κ3) is 1.97. The maximum atomic E-state index is 13.2. The van der Waals surface area contributed by atoms with Crippen molar-refractivity contribution in [2.75, 3.05) is 0 Å². The number of carbonyl (C=O) groups is 1. The van der Waals surface area contributed by atoms with E-state index in [-0.39, 0.29) is 4.90 Å². The second-order valence-electron chi connectivity index (χ2n) is 5.43. The Hall–Kier alpha value is -2.66. The second-order valence-corrected chi connectivity index (χ2v) is 7.43. The molecule has 4 nitrogen and oxygen atoms in total. The summed E-state index contributed by atoms with van der Waals surface area (Å²) in [7, 11) is -3.83. The molecule has 1 unspecified atom stereocenters. The van der Waals surface area contributed by atoms with Crippen molar-refractivity contribution in [1.29, 1.82) is 0 Å². The fourth-order valence-corrected chi connectivity index (χ4v) is 4.95. The number of fused-ring (bicyclic) bond motifs is 3. The summed E-state index contributed by atoms with van der Waals surface area (Å²) in [6.07, 6.45) is 1.72. The van der Waals surface area contributed by atoms with E-state index < -0.39 is 20.9 Å².